The van der Waals surface area contributed by atoms with Crippen LogP contribution in [0.4, 0.5) is 11.6 Å². The molecule has 1 unspecified atom stereocenters. The topological polar surface area (TPSA) is 229 Å². The average Bonchev–Trinajstić information content (AvgIpc) is 3.96. The lowest BCUT2D eigenvalue weighted by Gasteiger charge is -2.35. The highest BCUT2D eigenvalue weighted by Gasteiger charge is 2.31. The number of ether oxygens (including phenoxy) is 1. The second kappa shape index (κ2) is 18.5. The molecule has 10 rings (SSSR count). The van der Waals surface area contributed by atoms with Gasteiger partial charge in [-0.05, 0) is 30.0 Å². The smallest absolute Gasteiger partial charge is 0.277 e. The van der Waals surface area contributed by atoms with Crippen molar-refractivity contribution in [2.45, 2.75) is 50.9 Å². The van der Waals surface area contributed by atoms with Gasteiger partial charge in [0.15, 0.2) is 5.65 Å². The van der Waals surface area contributed by atoms with Crippen LogP contribution in [-0.2, 0) is 39.3 Å². The summed E-state index contributed by atoms with van der Waals surface area (Å²) in [5.74, 6) is -0.134. The van der Waals surface area contributed by atoms with Crippen LogP contribution < -0.4 is 21.1 Å². The maximum atomic E-state index is 13.5. The Kier molecular flexibility index (Phi) is 11.9. The lowest BCUT2D eigenvalue weighted by Crippen LogP contribution is -2.48. The minimum Gasteiger partial charge on any atom is -0.384 e. The summed E-state index contributed by atoms with van der Waals surface area (Å²) in [6.45, 7) is 6.41. The molecule has 8 heterocycles. The highest BCUT2D eigenvalue weighted by Crippen LogP contribution is 2.25. The number of fused-ring (bicyclic) bond motifs is 2. The number of carbonyl (C=O) groups is 3. The largest absolute Gasteiger partial charge is 0.384 e. The fourth-order valence-corrected chi connectivity index (χ4v) is 8.74. The molecule has 0 aliphatic carbocycles. The molecule has 0 saturated carbocycles. The number of anilines is 2. The predicted octanol–water partition coefficient (Wildman–Crippen LogP) is 2.21. The van der Waals surface area contributed by atoms with Crippen LogP contribution in [-0.4, -0.2) is 141 Å². The van der Waals surface area contributed by atoms with Crippen molar-refractivity contribution in [2.75, 3.05) is 62.6 Å². The van der Waals surface area contributed by atoms with Crippen molar-refractivity contribution in [3.63, 3.8) is 0 Å². The zero-order chi connectivity index (χ0) is 45.1. The maximum Gasteiger partial charge on any atom is 0.277 e. The maximum absolute atomic E-state index is 13.5. The zero-order valence-corrected chi connectivity index (χ0v) is 36.4. The number of benzene rings is 2. The number of piperazine rings is 1. The number of hydrogen-bond acceptors (Lipinski definition) is 16. The summed E-state index contributed by atoms with van der Waals surface area (Å²) < 4.78 is 10.7. The molecule has 0 radical (unpaired) electrons. The van der Waals surface area contributed by atoms with Crippen LogP contribution in [0.1, 0.15) is 37.3 Å². The number of nitrogens with one attached hydrogen (secondary N) is 2. The van der Waals surface area contributed by atoms with E-state index in [-0.39, 0.29) is 30.8 Å². The number of aryl methyl sites for hydroxylation is 1. The van der Waals surface area contributed by atoms with Crippen LogP contribution in [0.2, 0.25) is 0 Å². The second-order valence-electron chi connectivity index (χ2n) is 16.8. The molecule has 0 bridgehead atoms. The van der Waals surface area contributed by atoms with Crippen molar-refractivity contribution >= 4 is 51.4 Å². The molecular formula is C45H48N16O5. The van der Waals surface area contributed by atoms with Crippen LogP contribution in [0.25, 0.3) is 44.5 Å². The Hall–Kier alpha value is -7.52. The average molecular weight is 893 g/mol. The molecule has 2 atom stereocenters. The highest BCUT2D eigenvalue weighted by atomic mass is 16.5. The minimum absolute atomic E-state index is 0.108. The Balaban J connectivity index is 0.668. The molecule has 338 valence electrons. The molecule has 0 spiro atoms. The molecule has 3 saturated heterocycles. The molecule has 3 fully saturated rings. The van der Waals surface area contributed by atoms with Crippen LogP contribution in [0.5, 0.6) is 0 Å². The van der Waals surface area contributed by atoms with E-state index in [1.807, 2.05) is 42.7 Å². The van der Waals surface area contributed by atoms with Gasteiger partial charge in [0.1, 0.15) is 6.04 Å². The van der Waals surface area contributed by atoms with E-state index < -0.39 is 17.5 Å². The van der Waals surface area contributed by atoms with Gasteiger partial charge in [-0.25, -0.2) is 29.3 Å². The van der Waals surface area contributed by atoms with Gasteiger partial charge in [0, 0.05) is 113 Å². The number of rotatable bonds is 13. The Morgan fingerprint density at radius 1 is 0.894 bits per heavy atom. The van der Waals surface area contributed by atoms with Crippen LogP contribution in [0.15, 0.2) is 84.4 Å². The van der Waals surface area contributed by atoms with Crippen molar-refractivity contribution in [1.29, 1.82) is 0 Å². The summed E-state index contributed by atoms with van der Waals surface area (Å²) in [6, 6.07) is 13.0. The van der Waals surface area contributed by atoms with Gasteiger partial charge >= 0.3 is 0 Å². The van der Waals surface area contributed by atoms with Crippen LogP contribution in [0.3, 0.4) is 0 Å². The van der Waals surface area contributed by atoms with Gasteiger partial charge in [-0.3, -0.25) is 34.1 Å². The molecule has 2 N–H and O–H groups in total. The van der Waals surface area contributed by atoms with Crippen LogP contribution >= 0.6 is 0 Å². The van der Waals surface area contributed by atoms with E-state index in [1.54, 1.807) is 34.0 Å². The van der Waals surface area contributed by atoms with E-state index in [1.165, 1.54) is 5.56 Å². The van der Waals surface area contributed by atoms with E-state index in [2.05, 4.69) is 75.2 Å². The van der Waals surface area contributed by atoms with Crippen molar-refractivity contribution in [3.8, 4) is 22.4 Å². The highest BCUT2D eigenvalue weighted by molar-refractivity contribution is 5.99. The van der Waals surface area contributed by atoms with Gasteiger partial charge < -0.3 is 19.9 Å². The van der Waals surface area contributed by atoms with Gasteiger partial charge in [-0.2, -0.15) is 10.2 Å². The summed E-state index contributed by atoms with van der Waals surface area (Å²) in [4.78, 5) is 75.9. The monoisotopic (exact) mass is 892 g/mol. The summed E-state index contributed by atoms with van der Waals surface area (Å²) in [5.41, 5.74) is 5.96. The summed E-state index contributed by atoms with van der Waals surface area (Å²) >= 11 is 0. The molecule has 3 amide bonds. The summed E-state index contributed by atoms with van der Waals surface area (Å²) in [5, 5.41) is 23.7. The lowest BCUT2D eigenvalue weighted by molar-refractivity contribution is -0.136. The molecule has 3 aliphatic rings. The summed E-state index contributed by atoms with van der Waals surface area (Å²) in [7, 11) is 1.85. The number of hydrogen-bond donors (Lipinski definition) is 2. The number of amides is 3. The molecule has 2 aromatic carbocycles. The number of piperidine rings is 1. The Morgan fingerprint density at radius 3 is 2.52 bits per heavy atom. The Bertz CT molecular complexity index is 2960. The first-order valence-electron chi connectivity index (χ1n) is 22.1. The Morgan fingerprint density at radius 2 is 1.73 bits per heavy atom. The Labute approximate surface area is 377 Å². The first kappa shape index (κ1) is 42.4. The quantitative estimate of drug-likeness (QED) is 0.125. The molecule has 66 heavy (non-hydrogen) atoms. The van der Waals surface area contributed by atoms with Crippen molar-refractivity contribution in [2.24, 2.45) is 7.05 Å². The molecule has 7 aromatic rings. The van der Waals surface area contributed by atoms with E-state index >= 15 is 0 Å². The van der Waals surface area contributed by atoms with Gasteiger partial charge in [-0.1, -0.05) is 41.6 Å². The molecular weight excluding hydrogens is 845 g/mol. The molecule has 21 heteroatoms. The van der Waals surface area contributed by atoms with Crippen molar-refractivity contribution in [1.82, 2.24) is 69.6 Å². The van der Waals surface area contributed by atoms with Crippen LogP contribution in [0, 0.1) is 0 Å². The third kappa shape index (κ3) is 9.07. The van der Waals surface area contributed by atoms with Crippen molar-refractivity contribution < 1.29 is 19.1 Å². The predicted molar refractivity (Wildman–Crippen MR) is 242 cm³/mol. The van der Waals surface area contributed by atoms with Crippen molar-refractivity contribution in [3.05, 3.63) is 95.6 Å². The number of imide groups is 1. The van der Waals surface area contributed by atoms with Gasteiger partial charge in [0.05, 0.1) is 48.9 Å². The molecule has 21 nitrogen and oxygen atoms in total. The number of aromatic nitrogens is 11. The normalized spacial score (nSPS) is 18.3. The van der Waals surface area contributed by atoms with E-state index in [9.17, 15) is 19.2 Å². The fraction of sp³-hybridized carbons (Fsp3) is 0.378. The van der Waals surface area contributed by atoms with E-state index in [0.717, 1.165) is 41.0 Å². The first-order valence-corrected chi connectivity index (χ1v) is 22.1. The summed E-state index contributed by atoms with van der Waals surface area (Å²) in [6.07, 6.45) is 11.8. The van der Waals surface area contributed by atoms with Gasteiger partial charge in [0.25, 0.3) is 11.5 Å². The van der Waals surface area contributed by atoms with Gasteiger partial charge in [-0.15, -0.1) is 5.10 Å². The SMILES string of the molecule is Cn1cc(-c2cnc3c(nnn3C[C@@H]3CN(c4ncc(-c5ccc(CN6CCN(C(=O)CCCNc7cccc8cnn(C9CCC(=O)NC9=O)c(=O)c78)CC6)cc5)cn4)CCO3)n2)cn1. The number of morpholine rings is 1. The van der Waals surface area contributed by atoms with E-state index in [4.69, 9.17) is 14.7 Å². The first-order chi connectivity index (χ1) is 32.2. The molecule has 5 aromatic heterocycles. The van der Waals surface area contributed by atoms with E-state index in [0.29, 0.717) is 98.1 Å². The van der Waals surface area contributed by atoms with Gasteiger partial charge in [0.2, 0.25) is 23.4 Å². The second-order valence-corrected chi connectivity index (χ2v) is 16.8. The standard InChI is InChI=1S/C45H48N16O5/c1-56-26-33(23-50-56)36-24-47-42-41(52-36)54-55-60(42)28-34-27-59(18-19-66-34)45-48-20-32(21-49-45)30-9-7-29(8-10-30)25-57-14-16-58(17-15-57)39(63)6-3-13-46-35-5-2-4-31-22-51-61(44(65)40(31)35)37-11-12-38(62)53-43(37)64/h2,4-5,7-10,20-24,26,34,37,46H,3,6,11-19,25,27-28H2,1H3,(H,53,62,64)/t34-,37?/m0/s1. The molecule has 3 aliphatic heterocycles. The number of nitrogens with zero attached hydrogens (tertiary/aromatic N) is 14. The third-order valence-electron chi connectivity index (χ3n) is 12.3. The lowest BCUT2D eigenvalue weighted by atomic mass is 10.1. The minimum atomic E-state index is -0.846. The number of carbonyl (C=O) groups excluding carboxylic acids is 3. The zero-order valence-electron chi connectivity index (χ0n) is 36.4. The third-order valence-corrected chi connectivity index (χ3v) is 12.3. The fourth-order valence-electron chi connectivity index (χ4n) is 8.74.